The number of para-hydroxylation sites is 1. The zero-order valence-corrected chi connectivity index (χ0v) is 13.4. The van der Waals surface area contributed by atoms with Gasteiger partial charge in [0.25, 0.3) is 0 Å². The second-order valence-electron chi connectivity index (χ2n) is 4.67. The molecule has 0 spiro atoms. The number of nitrogens with one attached hydrogen (secondary N) is 1. The monoisotopic (exact) mass is 356 g/mol. The summed E-state index contributed by atoms with van der Waals surface area (Å²) in [6.45, 7) is 1.81. The van der Waals surface area contributed by atoms with Crippen LogP contribution in [-0.2, 0) is 6.18 Å². The van der Waals surface area contributed by atoms with Crippen molar-refractivity contribution in [2.45, 2.75) is 13.1 Å². The lowest BCUT2D eigenvalue weighted by Gasteiger charge is -2.12. The normalized spacial score (nSPS) is 11.7. The molecule has 0 saturated carbocycles. The van der Waals surface area contributed by atoms with E-state index in [9.17, 15) is 13.2 Å². The van der Waals surface area contributed by atoms with Crippen LogP contribution in [0, 0.1) is 6.92 Å². The second kappa shape index (κ2) is 5.82. The Labute approximate surface area is 137 Å². The van der Waals surface area contributed by atoms with Crippen LogP contribution in [0.3, 0.4) is 0 Å². The quantitative estimate of drug-likeness (QED) is 0.699. The number of aryl methyl sites for hydroxylation is 1. The molecule has 0 atom stereocenters. The highest BCUT2D eigenvalue weighted by Gasteiger charge is 2.33. The molecule has 120 valence electrons. The van der Waals surface area contributed by atoms with Crippen molar-refractivity contribution >= 4 is 38.6 Å². The number of nitrogens with two attached hydrogens (primary N) is 1. The molecule has 0 radical (unpaired) electrons. The van der Waals surface area contributed by atoms with E-state index in [0.717, 1.165) is 16.6 Å². The molecule has 0 saturated heterocycles. The number of thiazole rings is 2. The van der Waals surface area contributed by atoms with Crippen molar-refractivity contribution in [3.63, 3.8) is 0 Å². The van der Waals surface area contributed by atoms with E-state index in [0.29, 0.717) is 16.0 Å². The maximum absolute atomic E-state index is 13.0. The van der Waals surface area contributed by atoms with Crippen LogP contribution in [0.4, 0.5) is 29.1 Å². The van der Waals surface area contributed by atoms with E-state index in [1.54, 1.807) is 11.4 Å². The molecule has 0 aliphatic rings. The Morgan fingerprint density at radius 1 is 1.17 bits per heavy atom. The van der Waals surface area contributed by atoms with Gasteiger partial charge in [-0.05, 0) is 19.1 Å². The third-order valence-electron chi connectivity index (χ3n) is 3.02. The molecule has 0 unspecified atom stereocenters. The Bertz CT molecular complexity index is 839. The summed E-state index contributed by atoms with van der Waals surface area (Å²) in [5.41, 5.74) is 6.30. The van der Waals surface area contributed by atoms with Gasteiger partial charge in [-0.3, -0.25) is 0 Å². The first-order chi connectivity index (χ1) is 10.8. The average molecular weight is 356 g/mol. The Morgan fingerprint density at radius 3 is 2.57 bits per heavy atom. The molecular weight excluding hydrogens is 345 g/mol. The van der Waals surface area contributed by atoms with Crippen LogP contribution in [0.1, 0.15) is 11.3 Å². The standard InChI is InChI=1S/C14H11F3N4S2/c1-7-11(23-12(18)19-7)10-6-22-13(21-10)20-9-5-3-2-4-8(9)14(15,16)17/h2-6H,1H3,(H2,18,19)(H,20,21). The van der Waals surface area contributed by atoms with Gasteiger partial charge >= 0.3 is 6.18 Å². The predicted octanol–water partition coefficient (Wildman–Crippen LogP) is 4.92. The van der Waals surface area contributed by atoms with Crippen LogP contribution < -0.4 is 11.1 Å². The zero-order chi connectivity index (χ0) is 16.6. The lowest BCUT2D eigenvalue weighted by molar-refractivity contribution is -0.136. The van der Waals surface area contributed by atoms with Crippen LogP contribution in [0.2, 0.25) is 0 Å². The van der Waals surface area contributed by atoms with Crippen LogP contribution >= 0.6 is 22.7 Å². The van der Waals surface area contributed by atoms with Crippen molar-refractivity contribution in [2.75, 3.05) is 11.1 Å². The minimum Gasteiger partial charge on any atom is -0.375 e. The first-order valence-electron chi connectivity index (χ1n) is 6.46. The van der Waals surface area contributed by atoms with Crippen LogP contribution in [0.15, 0.2) is 29.6 Å². The minimum absolute atomic E-state index is 0.0264. The van der Waals surface area contributed by atoms with Gasteiger partial charge in [0.05, 0.1) is 27.5 Å². The summed E-state index contributed by atoms with van der Waals surface area (Å²) in [6, 6.07) is 5.30. The number of nitrogen functional groups attached to an aromatic ring is 1. The lowest BCUT2D eigenvalue weighted by Crippen LogP contribution is -2.08. The number of hydrogen-bond donors (Lipinski definition) is 2. The fourth-order valence-corrected chi connectivity index (χ4v) is 3.63. The molecule has 1 aromatic carbocycles. The van der Waals surface area contributed by atoms with Gasteiger partial charge in [0.2, 0.25) is 0 Å². The summed E-state index contributed by atoms with van der Waals surface area (Å²) >= 11 is 2.52. The first-order valence-corrected chi connectivity index (χ1v) is 8.16. The van der Waals surface area contributed by atoms with Gasteiger partial charge in [0.1, 0.15) is 0 Å². The molecule has 0 amide bonds. The number of rotatable bonds is 3. The van der Waals surface area contributed by atoms with Crippen LogP contribution in [0.25, 0.3) is 10.6 Å². The van der Waals surface area contributed by atoms with Gasteiger partial charge in [-0.1, -0.05) is 23.5 Å². The number of hydrogen-bond acceptors (Lipinski definition) is 6. The number of benzene rings is 1. The van der Waals surface area contributed by atoms with E-state index in [-0.39, 0.29) is 5.69 Å². The van der Waals surface area contributed by atoms with Gasteiger partial charge in [0, 0.05) is 5.38 Å². The topological polar surface area (TPSA) is 63.8 Å². The summed E-state index contributed by atoms with van der Waals surface area (Å²) in [5, 5.41) is 5.31. The van der Waals surface area contributed by atoms with Crippen LogP contribution in [-0.4, -0.2) is 9.97 Å². The molecule has 3 N–H and O–H groups in total. The fourth-order valence-electron chi connectivity index (χ4n) is 2.04. The maximum atomic E-state index is 13.0. The summed E-state index contributed by atoms with van der Waals surface area (Å²) < 4.78 is 39.0. The van der Waals surface area contributed by atoms with E-state index in [1.807, 2.05) is 6.92 Å². The van der Waals surface area contributed by atoms with Gasteiger partial charge in [-0.25, -0.2) is 9.97 Å². The van der Waals surface area contributed by atoms with E-state index >= 15 is 0 Å². The Morgan fingerprint density at radius 2 is 1.91 bits per heavy atom. The Hall–Kier alpha value is -2.13. The molecule has 0 aliphatic heterocycles. The second-order valence-corrected chi connectivity index (χ2v) is 6.56. The van der Waals surface area contributed by atoms with E-state index in [4.69, 9.17) is 5.73 Å². The number of anilines is 3. The maximum Gasteiger partial charge on any atom is 0.418 e. The van der Waals surface area contributed by atoms with E-state index in [1.165, 1.54) is 34.8 Å². The number of halogens is 3. The van der Waals surface area contributed by atoms with Crippen molar-refractivity contribution in [3.8, 4) is 10.6 Å². The van der Waals surface area contributed by atoms with Crippen molar-refractivity contribution in [1.82, 2.24) is 9.97 Å². The molecular formula is C14H11F3N4S2. The smallest absolute Gasteiger partial charge is 0.375 e. The van der Waals surface area contributed by atoms with Gasteiger partial charge in [0.15, 0.2) is 10.3 Å². The summed E-state index contributed by atoms with van der Waals surface area (Å²) in [4.78, 5) is 9.26. The highest BCUT2D eigenvalue weighted by Crippen LogP contribution is 2.38. The van der Waals surface area contributed by atoms with Crippen molar-refractivity contribution in [2.24, 2.45) is 0 Å². The van der Waals surface area contributed by atoms with E-state index in [2.05, 4.69) is 15.3 Å². The molecule has 23 heavy (non-hydrogen) atoms. The molecule has 0 fully saturated rings. The third kappa shape index (κ3) is 3.30. The highest BCUT2D eigenvalue weighted by molar-refractivity contribution is 7.19. The van der Waals surface area contributed by atoms with Crippen LogP contribution in [0.5, 0.6) is 0 Å². The molecule has 2 aromatic heterocycles. The highest BCUT2D eigenvalue weighted by atomic mass is 32.1. The third-order valence-corrected chi connectivity index (χ3v) is 4.79. The predicted molar refractivity (Wildman–Crippen MR) is 87.1 cm³/mol. The molecule has 9 heteroatoms. The largest absolute Gasteiger partial charge is 0.418 e. The SMILES string of the molecule is Cc1nc(N)sc1-c1csc(Nc2ccccc2C(F)(F)F)n1. The number of aromatic nitrogens is 2. The summed E-state index contributed by atoms with van der Waals surface area (Å²) in [7, 11) is 0. The summed E-state index contributed by atoms with van der Waals surface area (Å²) in [5.74, 6) is 0. The molecule has 0 aliphatic carbocycles. The Balaban J connectivity index is 1.90. The molecule has 2 heterocycles. The molecule has 0 bridgehead atoms. The van der Waals surface area contributed by atoms with Gasteiger partial charge in [-0.15, -0.1) is 11.3 Å². The molecule has 3 aromatic rings. The molecule has 3 rings (SSSR count). The van der Waals surface area contributed by atoms with Gasteiger partial charge in [-0.2, -0.15) is 13.2 Å². The Kier molecular flexibility index (Phi) is 3.99. The zero-order valence-electron chi connectivity index (χ0n) is 11.8. The number of nitrogens with zero attached hydrogens (tertiary/aromatic N) is 2. The van der Waals surface area contributed by atoms with Crippen molar-refractivity contribution in [1.29, 1.82) is 0 Å². The fraction of sp³-hybridized carbons (Fsp3) is 0.143. The average Bonchev–Trinajstić information content (AvgIpc) is 3.04. The van der Waals surface area contributed by atoms with E-state index < -0.39 is 11.7 Å². The number of alkyl halides is 3. The van der Waals surface area contributed by atoms with Crippen molar-refractivity contribution in [3.05, 3.63) is 40.9 Å². The molecule has 4 nitrogen and oxygen atoms in total. The van der Waals surface area contributed by atoms with Crippen molar-refractivity contribution < 1.29 is 13.2 Å². The van der Waals surface area contributed by atoms with Gasteiger partial charge < -0.3 is 11.1 Å². The lowest BCUT2D eigenvalue weighted by atomic mass is 10.2. The minimum atomic E-state index is -4.42. The first kappa shape index (κ1) is 15.8. The summed E-state index contributed by atoms with van der Waals surface area (Å²) in [6.07, 6.45) is -4.42.